The zero-order valence-corrected chi connectivity index (χ0v) is 18.6. The number of hydrogen-bond acceptors (Lipinski definition) is 8. The van der Waals surface area contributed by atoms with Crippen LogP contribution in [0.5, 0.6) is 11.5 Å². The van der Waals surface area contributed by atoms with Crippen LogP contribution in [-0.4, -0.2) is 48.1 Å². The van der Waals surface area contributed by atoms with Crippen molar-refractivity contribution >= 4 is 10.0 Å². The van der Waals surface area contributed by atoms with Gasteiger partial charge in [0.2, 0.25) is 10.0 Å². The Hall–Kier alpha value is -2.98. The third-order valence-electron chi connectivity index (χ3n) is 4.89. The first-order valence-electron chi connectivity index (χ1n) is 9.91. The minimum Gasteiger partial charge on any atom is -0.486 e. The second-order valence-electron chi connectivity index (χ2n) is 7.64. The molecule has 31 heavy (non-hydrogen) atoms. The van der Waals surface area contributed by atoms with E-state index in [1.165, 1.54) is 23.5 Å². The highest BCUT2D eigenvalue weighted by Crippen LogP contribution is 2.33. The molecule has 0 unspecified atom stereocenters. The summed E-state index contributed by atoms with van der Waals surface area (Å²) in [6.07, 6.45) is 1.65. The molecular formula is C21H24N4O5S. The third kappa shape index (κ3) is 4.26. The van der Waals surface area contributed by atoms with E-state index in [9.17, 15) is 8.42 Å². The zero-order valence-electron chi connectivity index (χ0n) is 17.8. The van der Waals surface area contributed by atoms with Crippen molar-refractivity contribution in [1.29, 1.82) is 0 Å². The second-order valence-corrected chi connectivity index (χ2v) is 9.69. The Morgan fingerprint density at radius 2 is 1.87 bits per heavy atom. The van der Waals surface area contributed by atoms with Gasteiger partial charge in [0.15, 0.2) is 17.3 Å². The lowest BCUT2D eigenvalue weighted by Gasteiger charge is -2.21. The molecule has 0 radical (unpaired) electrons. The Morgan fingerprint density at radius 3 is 2.55 bits per heavy atom. The summed E-state index contributed by atoms with van der Waals surface area (Å²) in [7, 11) is -2.29. The lowest BCUT2D eigenvalue weighted by molar-refractivity contribution is 0.171. The standard InChI is InChI=1S/C21H24N4O5S/c1-13(2)21-22-11-16(19-9-14(3)24-30-19)17(23-21)12-25(4)31(26,27)15-5-6-18-20(10-15)29-8-7-28-18/h5-6,9-11,13H,7-8,12H2,1-4H3. The van der Waals surface area contributed by atoms with E-state index >= 15 is 0 Å². The molecule has 0 spiro atoms. The summed E-state index contributed by atoms with van der Waals surface area (Å²) in [5.74, 6) is 2.16. The smallest absolute Gasteiger partial charge is 0.243 e. The van der Waals surface area contributed by atoms with Crippen LogP contribution in [0.3, 0.4) is 0 Å². The highest BCUT2D eigenvalue weighted by Gasteiger charge is 2.26. The van der Waals surface area contributed by atoms with Crippen LogP contribution in [0.25, 0.3) is 11.3 Å². The van der Waals surface area contributed by atoms with Gasteiger partial charge in [0.25, 0.3) is 0 Å². The van der Waals surface area contributed by atoms with Gasteiger partial charge in [-0.05, 0) is 19.1 Å². The van der Waals surface area contributed by atoms with Gasteiger partial charge in [-0.15, -0.1) is 0 Å². The van der Waals surface area contributed by atoms with Crippen LogP contribution in [0.15, 0.2) is 39.9 Å². The molecule has 1 aliphatic heterocycles. The molecule has 0 fully saturated rings. The second kappa shape index (κ2) is 8.27. The van der Waals surface area contributed by atoms with Crippen LogP contribution in [0.4, 0.5) is 0 Å². The predicted molar refractivity (Wildman–Crippen MR) is 112 cm³/mol. The van der Waals surface area contributed by atoms with Crippen molar-refractivity contribution in [3.63, 3.8) is 0 Å². The Balaban J connectivity index is 1.68. The quantitative estimate of drug-likeness (QED) is 0.571. The Labute approximate surface area is 181 Å². The highest BCUT2D eigenvalue weighted by atomic mass is 32.2. The molecule has 0 saturated heterocycles. The Morgan fingerprint density at radius 1 is 1.13 bits per heavy atom. The first-order valence-corrected chi connectivity index (χ1v) is 11.3. The maximum absolute atomic E-state index is 13.2. The molecule has 2 aromatic heterocycles. The van der Waals surface area contributed by atoms with Crippen molar-refractivity contribution in [1.82, 2.24) is 19.4 Å². The number of aromatic nitrogens is 3. The van der Waals surface area contributed by atoms with E-state index in [1.807, 2.05) is 20.8 Å². The number of ether oxygens (including phenoxy) is 2. The summed E-state index contributed by atoms with van der Waals surface area (Å²) < 4.78 is 44.1. The van der Waals surface area contributed by atoms with E-state index in [0.29, 0.717) is 53.2 Å². The van der Waals surface area contributed by atoms with Crippen molar-refractivity contribution in [3.8, 4) is 22.8 Å². The number of fused-ring (bicyclic) bond motifs is 1. The maximum atomic E-state index is 13.2. The molecule has 3 aromatic rings. The van der Waals surface area contributed by atoms with Gasteiger partial charge >= 0.3 is 0 Å². The molecule has 1 aromatic carbocycles. The third-order valence-corrected chi connectivity index (χ3v) is 6.69. The summed E-state index contributed by atoms with van der Waals surface area (Å²) in [5.41, 5.74) is 1.86. The van der Waals surface area contributed by atoms with Gasteiger partial charge in [0.05, 0.1) is 28.4 Å². The van der Waals surface area contributed by atoms with E-state index in [4.69, 9.17) is 14.0 Å². The number of hydrogen-bond donors (Lipinski definition) is 0. The van der Waals surface area contributed by atoms with E-state index in [1.54, 1.807) is 18.3 Å². The molecule has 164 valence electrons. The molecule has 0 amide bonds. The lowest BCUT2D eigenvalue weighted by atomic mass is 10.1. The molecule has 0 aliphatic carbocycles. The van der Waals surface area contributed by atoms with Crippen LogP contribution < -0.4 is 9.47 Å². The number of rotatable bonds is 6. The van der Waals surface area contributed by atoms with Crippen LogP contribution in [-0.2, 0) is 16.6 Å². The normalized spacial score (nSPS) is 13.7. The van der Waals surface area contributed by atoms with Gasteiger partial charge in [-0.1, -0.05) is 19.0 Å². The van der Waals surface area contributed by atoms with E-state index in [-0.39, 0.29) is 17.4 Å². The topological polar surface area (TPSA) is 108 Å². The first-order chi connectivity index (χ1) is 14.8. The van der Waals surface area contributed by atoms with E-state index in [0.717, 1.165) is 0 Å². The van der Waals surface area contributed by atoms with Gasteiger partial charge in [-0.2, -0.15) is 4.31 Å². The van der Waals surface area contributed by atoms with Gasteiger partial charge in [0.1, 0.15) is 19.0 Å². The summed E-state index contributed by atoms with van der Waals surface area (Å²) in [6, 6.07) is 6.38. The van der Waals surface area contributed by atoms with E-state index in [2.05, 4.69) is 15.1 Å². The molecule has 10 heteroatoms. The lowest BCUT2D eigenvalue weighted by Crippen LogP contribution is -2.28. The average Bonchev–Trinajstić information content (AvgIpc) is 3.19. The average molecular weight is 445 g/mol. The molecule has 0 N–H and O–H groups in total. The molecule has 0 atom stereocenters. The monoisotopic (exact) mass is 444 g/mol. The number of sulfonamides is 1. The Kier molecular flexibility index (Phi) is 5.67. The fraction of sp³-hybridized carbons (Fsp3) is 0.381. The van der Waals surface area contributed by atoms with Crippen molar-refractivity contribution in [2.75, 3.05) is 20.3 Å². The van der Waals surface area contributed by atoms with Crippen LogP contribution in [0, 0.1) is 6.92 Å². The highest BCUT2D eigenvalue weighted by molar-refractivity contribution is 7.89. The van der Waals surface area contributed by atoms with Crippen molar-refractivity contribution in [2.45, 2.75) is 38.1 Å². The molecule has 4 rings (SSSR count). The molecule has 3 heterocycles. The zero-order chi connectivity index (χ0) is 22.2. The van der Waals surface area contributed by atoms with Crippen LogP contribution in [0.2, 0.25) is 0 Å². The summed E-state index contributed by atoms with van der Waals surface area (Å²) >= 11 is 0. The predicted octanol–water partition coefficient (Wildman–Crippen LogP) is 3.16. The fourth-order valence-corrected chi connectivity index (χ4v) is 4.34. The van der Waals surface area contributed by atoms with Gasteiger partial charge in [-0.3, -0.25) is 0 Å². The van der Waals surface area contributed by atoms with Crippen molar-refractivity contribution in [2.24, 2.45) is 0 Å². The van der Waals surface area contributed by atoms with Gasteiger partial charge in [0, 0.05) is 31.3 Å². The van der Waals surface area contributed by atoms with E-state index < -0.39 is 10.0 Å². The minimum atomic E-state index is -3.81. The SMILES string of the molecule is Cc1cc(-c2cnc(C(C)C)nc2CN(C)S(=O)(=O)c2ccc3c(c2)OCCO3)on1. The van der Waals surface area contributed by atoms with Gasteiger partial charge in [-0.25, -0.2) is 18.4 Å². The van der Waals surface area contributed by atoms with Crippen molar-refractivity contribution < 1.29 is 22.4 Å². The molecule has 9 nitrogen and oxygen atoms in total. The number of nitrogens with zero attached hydrogens (tertiary/aromatic N) is 4. The molecule has 0 saturated carbocycles. The summed E-state index contributed by atoms with van der Waals surface area (Å²) in [4.78, 5) is 9.15. The Bertz CT molecular complexity index is 1210. The number of aryl methyl sites for hydroxylation is 1. The molecule has 1 aliphatic rings. The summed E-state index contributed by atoms with van der Waals surface area (Å²) in [5, 5.41) is 3.92. The fourth-order valence-electron chi connectivity index (χ4n) is 3.19. The van der Waals surface area contributed by atoms with Crippen molar-refractivity contribution in [3.05, 3.63) is 47.7 Å². The largest absolute Gasteiger partial charge is 0.486 e. The summed E-state index contributed by atoms with van der Waals surface area (Å²) in [6.45, 7) is 6.63. The molecular weight excluding hydrogens is 420 g/mol. The first kappa shape index (κ1) is 21.3. The maximum Gasteiger partial charge on any atom is 0.243 e. The molecule has 0 bridgehead atoms. The minimum absolute atomic E-state index is 0.0358. The van der Waals surface area contributed by atoms with Crippen LogP contribution >= 0.6 is 0 Å². The number of benzene rings is 1. The van der Waals surface area contributed by atoms with Crippen LogP contribution in [0.1, 0.15) is 37.0 Å². The van der Waals surface area contributed by atoms with Gasteiger partial charge < -0.3 is 14.0 Å².